The topological polar surface area (TPSA) is 32.3 Å². The lowest BCUT2D eigenvalue weighted by Crippen LogP contribution is -2.38. The first-order valence-electron chi connectivity index (χ1n) is 7.31. The molecule has 1 aromatic rings. The first kappa shape index (κ1) is 13.1. The second kappa shape index (κ2) is 5.25. The van der Waals surface area contributed by atoms with Gasteiger partial charge in [0.05, 0.1) is 6.04 Å². The standard InChI is InChI=1S/C15H22N2OS/c1-3-13-15(18)17(10(2)8-11-4-5-11)14(16-13)12-6-7-19-9-12/h6-7,9-11,13-14,16H,3-5,8H2,1-2H3. The van der Waals surface area contributed by atoms with Crippen LogP contribution in [0.4, 0.5) is 0 Å². The van der Waals surface area contributed by atoms with Gasteiger partial charge in [-0.3, -0.25) is 10.1 Å². The van der Waals surface area contributed by atoms with Crippen LogP contribution in [0.3, 0.4) is 0 Å². The van der Waals surface area contributed by atoms with Gasteiger partial charge < -0.3 is 4.90 Å². The van der Waals surface area contributed by atoms with E-state index < -0.39 is 0 Å². The molecule has 3 atom stereocenters. The first-order chi connectivity index (χ1) is 9.20. The van der Waals surface area contributed by atoms with Crippen LogP contribution in [0, 0.1) is 5.92 Å². The molecule has 2 heterocycles. The Balaban J connectivity index is 1.81. The van der Waals surface area contributed by atoms with Gasteiger partial charge in [-0.25, -0.2) is 0 Å². The van der Waals surface area contributed by atoms with Crippen molar-refractivity contribution in [2.24, 2.45) is 5.92 Å². The average Bonchev–Trinajstić information content (AvgIpc) is 2.94. The van der Waals surface area contributed by atoms with E-state index in [0.29, 0.717) is 6.04 Å². The Bertz CT molecular complexity index is 441. The van der Waals surface area contributed by atoms with Gasteiger partial charge in [0.25, 0.3) is 0 Å². The Kier molecular flexibility index (Phi) is 3.63. The maximum absolute atomic E-state index is 12.6. The van der Waals surface area contributed by atoms with Crippen molar-refractivity contribution < 1.29 is 4.79 Å². The Hall–Kier alpha value is -0.870. The van der Waals surface area contributed by atoms with Crippen LogP contribution < -0.4 is 5.32 Å². The number of thiophene rings is 1. The highest BCUT2D eigenvalue weighted by Gasteiger charge is 2.42. The fourth-order valence-corrected chi connectivity index (χ4v) is 3.73. The van der Waals surface area contributed by atoms with Crippen molar-refractivity contribution in [2.45, 2.75) is 57.8 Å². The quantitative estimate of drug-likeness (QED) is 0.897. The van der Waals surface area contributed by atoms with Gasteiger partial charge in [0.1, 0.15) is 6.17 Å². The lowest BCUT2D eigenvalue weighted by molar-refractivity contribution is -0.132. The predicted molar refractivity (Wildman–Crippen MR) is 77.9 cm³/mol. The molecule has 0 bridgehead atoms. The third kappa shape index (κ3) is 2.56. The summed E-state index contributed by atoms with van der Waals surface area (Å²) in [6.07, 6.45) is 4.80. The van der Waals surface area contributed by atoms with Crippen molar-refractivity contribution in [3.63, 3.8) is 0 Å². The van der Waals surface area contributed by atoms with Gasteiger partial charge in [-0.2, -0.15) is 11.3 Å². The highest BCUT2D eigenvalue weighted by Crippen LogP contribution is 2.38. The van der Waals surface area contributed by atoms with E-state index in [-0.39, 0.29) is 18.1 Å². The van der Waals surface area contributed by atoms with Gasteiger partial charge in [0, 0.05) is 6.04 Å². The van der Waals surface area contributed by atoms with E-state index in [1.807, 2.05) is 0 Å². The molecule has 1 aliphatic heterocycles. The molecule has 1 N–H and O–H groups in total. The summed E-state index contributed by atoms with van der Waals surface area (Å²) in [5, 5.41) is 7.74. The number of hydrogen-bond acceptors (Lipinski definition) is 3. The van der Waals surface area contributed by atoms with Crippen molar-refractivity contribution in [1.82, 2.24) is 10.2 Å². The zero-order valence-corrected chi connectivity index (χ0v) is 12.5. The monoisotopic (exact) mass is 278 g/mol. The Labute approximate surface area is 119 Å². The molecule has 2 aliphatic rings. The summed E-state index contributed by atoms with van der Waals surface area (Å²) in [5.74, 6) is 1.14. The number of nitrogens with one attached hydrogen (secondary N) is 1. The van der Waals surface area contributed by atoms with Crippen LogP contribution in [0.15, 0.2) is 16.8 Å². The van der Waals surface area contributed by atoms with E-state index in [4.69, 9.17) is 0 Å². The minimum atomic E-state index is -0.00782. The highest BCUT2D eigenvalue weighted by atomic mass is 32.1. The second-order valence-corrected chi connectivity index (χ2v) is 6.64. The normalized spacial score (nSPS) is 28.9. The van der Waals surface area contributed by atoms with Crippen LogP contribution in [-0.4, -0.2) is 22.9 Å². The number of carbonyl (C=O) groups is 1. The third-order valence-electron chi connectivity index (χ3n) is 4.30. The minimum absolute atomic E-state index is 0.00782. The SMILES string of the molecule is CCC1NC(c2ccsc2)N(C(C)CC2CC2)C1=O. The van der Waals surface area contributed by atoms with E-state index in [1.54, 1.807) is 11.3 Å². The van der Waals surface area contributed by atoms with Crippen LogP contribution in [0.25, 0.3) is 0 Å². The van der Waals surface area contributed by atoms with Gasteiger partial charge in [0.15, 0.2) is 0 Å². The van der Waals surface area contributed by atoms with E-state index in [9.17, 15) is 4.79 Å². The van der Waals surface area contributed by atoms with Gasteiger partial charge >= 0.3 is 0 Å². The summed E-state index contributed by atoms with van der Waals surface area (Å²) in [7, 11) is 0. The van der Waals surface area contributed by atoms with E-state index in [1.165, 1.54) is 18.4 Å². The van der Waals surface area contributed by atoms with Crippen molar-refractivity contribution in [2.75, 3.05) is 0 Å². The van der Waals surface area contributed by atoms with Crippen molar-refractivity contribution >= 4 is 17.2 Å². The zero-order valence-electron chi connectivity index (χ0n) is 11.6. The van der Waals surface area contributed by atoms with Crippen LogP contribution in [0.1, 0.15) is 51.3 Å². The molecule has 104 valence electrons. The summed E-state index contributed by atoms with van der Waals surface area (Å²) in [4.78, 5) is 14.6. The summed E-state index contributed by atoms with van der Waals surface area (Å²) in [5.41, 5.74) is 1.23. The molecule has 1 aromatic heterocycles. The van der Waals surface area contributed by atoms with Gasteiger partial charge in [0.2, 0.25) is 5.91 Å². The molecule has 2 fully saturated rings. The molecule has 1 saturated carbocycles. The molecular weight excluding hydrogens is 256 g/mol. The molecule has 0 spiro atoms. The van der Waals surface area contributed by atoms with Gasteiger partial charge in [-0.05, 0) is 48.1 Å². The molecule has 3 unspecified atom stereocenters. The van der Waals surface area contributed by atoms with Crippen molar-refractivity contribution in [3.05, 3.63) is 22.4 Å². The molecule has 0 radical (unpaired) electrons. The minimum Gasteiger partial charge on any atom is -0.319 e. The summed E-state index contributed by atoms with van der Waals surface area (Å²) >= 11 is 1.70. The lowest BCUT2D eigenvalue weighted by atomic mass is 10.1. The maximum Gasteiger partial charge on any atom is 0.241 e. The van der Waals surface area contributed by atoms with Crippen LogP contribution in [-0.2, 0) is 4.79 Å². The second-order valence-electron chi connectivity index (χ2n) is 5.86. The fourth-order valence-electron chi connectivity index (χ4n) is 3.05. The number of nitrogens with zero attached hydrogens (tertiary/aromatic N) is 1. The predicted octanol–water partition coefficient (Wildman–Crippen LogP) is 3.15. The number of rotatable bonds is 5. The zero-order chi connectivity index (χ0) is 13.4. The largest absolute Gasteiger partial charge is 0.319 e. The molecule has 1 aliphatic carbocycles. The van der Waals surface area contributed by atoms with Gasteiger partial charge in [-0.1, -0.05) is 19.8 Å². The third-order valence-corrected chi connectivity index (χ3v) is 5.00. The maximum atomic E-state index is 12.6. The lowest BCUT2D eigenvalue weighted by Gasteiger charge is -2.30. The Morgan fingerprint density at radius 1 is 1.53 bits per heavy atom. The number of carbonyl (C=O) groups excluding carboxylic acids is 1. The van der Waals surface area contributed by atoms with Crippen LogP contribution >= 0.6 is 11.3 Å². The Morgan fingerprint density at radius 2 is 2.32 bits per heavy atom. The summed E-state index contributed by atoms with van der Waals surface area (Å²) < 4.78 is 0. The molecule has 19 heavy (non-hydrogen) atoms. The molecule has 3 nitrogen and oxygen atoms in total. The molecular formula is C15H22N2OS. The van der Waals surface area contributed by atoms with Crippen molar-refractivity contribution in [1.29, 1.82) is 0 Å². The van der Waals surface area contributed by atoms with Crippen LogP contribution in [0.5, 0.6) is 0 Å². The number of hydrogen-bond donors (Lipinski definition) is 1. The number of amides is 1. The van der Waals surface area contributed by atoms with Crippen LogP contribution in [0.2, 0.25) is 0 Å². The first-order valence-corrected chi connectivity index (χ1v) is 8.25. The fraction of sp³-hybridized carbons (Fsp3) is 0.667. The summed E-state index contributed by atoms with van der Waals surface area (Å²) in [6, 6.07) is 2.46. The molecule has 1 saturated heterocycles. The summed E-state index contributed by atoms with van der Waals surface area (Å²) in [6.45, 7) is 4.28. The average molecular weight is 278 g/mol. The van der Waals surface area contributed by atoms with Crippen molar-refractivity contribution in [3.8, 4) is 0 Å². The molecule has 0 aromatic carbocycles. The molecule has 3 rings (SSSR count). The van der Waals surface area contributed by atoms with E-state index in [2.05, 4.69) is 40.9 Å². The Morgan fingerprint density at radius 3 is 2.89 bits per heavy atom. The van der Waals surface area contributed by atoms with Gasteiger partial charge in [-0.15, -0.1) is 0 Å². The molecule has 4 heteroatoms. The van der Waals surface area contributed by atoms with E-state index in [0.717, 1.165) is 18.8 Å². The highest BCUT2D eigenvalue weighted by molar-refractivity contribution is 7.07. The molecule has 1 amide bonds. The van der Waals surface area contributed by atoms with E-state index >= 15 is 0 Å². The smallest absolute Gasteiger partial charge is 0.241 e.